The zero-order chi connectivity index (χ0) is 13.8. The summed E-state index contributed by atoms with van der Waals surface area (Å²) in [5, 5.41) is 6.36. The number of benzene rings is 1. The number of nitrogens with one attached hydrogen (secondary N) is 2. The number of rotatable bonds is 3. The lowest BCUT2D eigenvalue weighted by Gasteiger charge is -2.30. The summed E-state index contributed by atoms with van der Waals surface area (Å²) in [6, 6.07) is 8.14. The van der Waals surface area contributed by atoms with Gasteiger partial charge in [-0.1, -0.05) is 12.1 Å². The molecule has 1 aromatic carbocycles. The molecule has 0 spiro atoms. The zero-order valence-corrected chi connectivity index (χ0v) is 11.9. The van der Waals surface area contributed by atoms with Crippen LogP contribution in [0.5, 0.6) is 0 Å². The van der Waals surface area contributed by atoms with Crippen LogP contribution in [0.2, 0.25) is 0 Å². The molecule has 2 saturated heterocycles. The second-order valence-electron chi connectivity index (χ2n) is 5.70. The molecule has 2 fully saturated rings. The van der Waals surface area contributed by atoms with Crippen LogP contribution in [0.4, 0.5) is 11.4 Å². The smallest absolute Gasteiger partial charge is 0.241 e. The number of piperidine rings is 1. The highest BCUT2D eigenvalue weighted by atomic mass is 16.2. The predicted octanol–water partition coefficient (Wildman–Crippen LogP) is 2.37. The molecule has 4 nitrogen and oxygen atoms in total. The first-order valence-corrected chi connectivity index (χ1v) is 7.73. The molecule has 1 amide bonds. The van der Waals surface area contributed by atoms with Crippen LogP contribution >= 0.6 is 0 Å². The fourth-order valence-corrected chi connectivity index (χ4v) is 3.12. The number of amides is 1. The lowest BCUT2D eigenvalue weighted by Crippen LogP contribution is -2.36. The second-order valence-corrected chi connectivity index (χ2v) is 5.70. The number of carbonyl (C=O) groups is 1. The monoisotopic (exact) mass is 273 g/mol. The second kappa shape index (κ2) is 6.27. The normalized spacial score (nSPS) is 22.8. The Morgan fingerprint density at radius 2 is 1.95 bits per heavy atom. The van der Waals surface area contributed by atoms with Gasteiger partial charge in [0.25, 0.3) is 0 Å². The van der Waals surface area contributed by atoms with Gasteiger partial charge in [-0.3, -0.25) is 4.79 Å². The van der Waals surface area contributed by atoms with Gasteiger partial charge in [0.2, 0.25) is 5.91 Å². The third-order valence-corrected chi connectivity index (χ3v) is 4.24. The van der Waals surface area contributed by atoms with Gasteiger partial charge < -0.3 is 15.5 Å². The molecular formula is C16H23N3O. The van der Waals surface area contributed by atoms with Crippen molar-refractivity contribution in [2.45, 2.75) is 38.1 Å². The fourth-order valence-electron chi connectivity index (χ4n) is 3.12. The molecule has 1 atom stereocenters. The van der Waals surface area contributed by atoms with Crippen LogP contribution in [0.1, 0.15) is 32.1 Å². The van der Waals surface area contributed by atoms with E-state index in [0.717, 1.165) is 38.2 Å². The molecule has 2 aliphatic rings. The zero-order valence-electron chi connectivity index (χ0n) is 11.9. The van der Waals surface area contributed by atoms with E-state index in [9.17, 15) is 4.79 Å². The first-order chi connectivity index (χ1) is 9.84. The highest BCUT2D eigenvalue weighted by Gasteiger charge is 2.23. The maximum Gasteiger partial charge on any atom is 0.241 e. The molecule has 0 unspecified atom stereocenters. The van der Waals surface area contributed by atoms with E-state index in [1.54, 1.807) is 0 Å². The quantitative estimate of drug-likeness (QED) is 0.888. The largest absolute Gasteiger partial charge is 0.370 e. The van der Waals surface area contributed by atoms with Gasteiger partial charge >= 0.3 is 0 Å². The number of carbonyl (C=O) groups excluding carboxylic acids is 1. The summed E-state index contributed by atoms with van der Waals surface area (Å²) in [5.74, 6) is 0.104. The van der Waals surface area contributed by atoms with Crippen molar-refractivity contribution in [2.24, 2.45) is 0 Å². The molecule has 1 aromatic rings. The van der Waals surface area contributed by atoms with E-state index in [0.29, 0.717) is 0 Å². The van der Waals surface area contributed by atoms with Gasteiger partial charge in [0.15, 0.2) is 0 Å². The van der Waals surface area contributed by atoms with Crippen LogP contribution in [0.3, 0.4) is 0 Å². The third-order valence-electron chi connectivity index (χ3n) is 4.24. The highest BCUT2D eigenvalue weighted by molar-refractivity contribution is 5.97. The average molecular weight is 273 g/mol. The van der Waals surface area contributed by atoms with Crippen molar-refractivity contribution < 1.29 is 4.79 Å². The summed E-state index contributed by atoms with van der Waals surface area (Å²) in [5.41, 5.74) is 2.12. The van der Waals surface area contributed by atoms with E-state index in [4.69, 9.17) is 0 Å². The summed E-state index contributed by atoms with van der Waals surface area (Å²) < 4.78 is 0. The van der Waals surface area contributed by atoms with E-state index in [-0.39, 0.29) is 11.9 Å². The number of hydrogen-bond donors (Lipinski definition) is 2. The molecule has 0 bridgehead atoms. The van der Waals surface area contributed by atoms with Crippen molar-refractivity contribution in [1.82, 2.24) is 5.32 Å². The fraction of sp³-hybridized carbons (Fsp3) is 0.562. The van der Waals surface area contributed by atoms with Crippen LogP contribution in [-0.2, 0) is 4.79 Å². The highest BCUT2D eigenvalue weighted by Crippen LogP contribution is 2.28. The maximum atomic E-state index is 12.3. The molecular weight excluding hydrogens is 250 g/mol. The van der Waals surface area contributed by atoms with Crippen LogP contribution in [0.25, 0.3) is 0 Å². The molecule has 20 heavy (non-hydrogen) atoms. The summed E-state index contributed by atoms with van der Waals surface area (Å²) in [6.45, 7) is 3.13. The first-order valence-electron chi connectivity index (χ1n) is 7.73. The van der Waals surface area contributed by atoms with Gasteiger partial charge in [-0.15, -0.1) is 0 Å². The van der Waals surface area contributed by atoms with Crippen molar-refractivity contribution in [3.05, 3.63) is 24.3 Å². The summed E-state index contributed by atoms with van der Waals surface area (Å²) in [6.07, 6.45) is 5.83. The Morgan fingerprint density at radius 1 is 1.15 bits per heavy atom. The lowest BCUT2D eigenvalue weighted by atomic mass is 10.1. The Hall–Kier alpha value is -1.55. The SMILES string of the molecule is O=C(Nc1ccccc1N1CCCCC1)[C@@H]1CCCN1. The van der Waals surface area contributed by atoms with Crippen molar-refractivity contribution in [3.8, 4) is 0 Å². The van der Waals surface area contributed by atoms with Crippen LogP contribution in [0, 0.1) is 0 Å². The molecule has 0 radical (unpaired) electrons. The van der Waals surface area contributed by atoms with Gasteiger partial charge in [0, 0.05) is 13.1 Å². The average Bonchev–Trinajstić information content (AvgIpc) is 3.03. The number of anilines is 2. The number of hydrogen-bond acceptors (Lipinski definition) is 3. The van der Waals surface area contributed by atoms with Crippen molar-refractivity contribution >= 4 is 17.3 Å². The summed E-state index contributed by atoms with van der Waals surface area (Å²) in [4.78, 5) is 14.6. The van der Waals surface area contributed by atoms with Crippen LogP contribution in [0.15, 0.2) is 24.3 Å². The minimum atomic E-state index is -0.0237. The maximum absolute atomic E-state index is 12.3. The van der Waals surface area contributed by atoms with E-state index < -0.39 is 0 Å². The predicted molar refractivity (Wildman–Crippen MR) is 82.2 cm³/mol. The van der Waals surface area contributed by atoms with Gasteiger partial charge in [-0.2, -0.15) is 0 Å². The van der Waals surface area contributed by atoms with Gasteiger partial charge in [0.05, 0.1) is 17.4 Å². The van der Waals surface area contributed by atoms with Crippen LogP contribution in [-0.4, -0.2) is 31.6 Å². The van der Waals surface area contributed by atoms with Gasteiger partial charge in [0.1, 0.15) is 0 Å². The topological polar surface area (TPSA) is 44.4 Å². The molecule has 108 valence electrons. The Kier molecular flexibility index (Phi) is 4.21. The van der Waals surface area contributed by atoms with E-state index >= 15 is 0 Å². The van der Waals surface area contributed by atoms with Crippen LogP contribution < -0.4 is 15.5 Å². The molecule has 2 aliphatic heterocycles. The van der Waals surface area contributed by atoms with Gasteiger partial charge in [-0.05, 0) is 50.8 Å². The van der Waals surface area contributed by atoms with E-state index in [2.05, 4.69) is 21.6 Å². The lowest BCUT2D eigenvalue weighted by molar-refractivity contribution is -0.117. The minimum absolute atomic E-state index is 0.0237. The van der Waals surface area contributed by atoms with Crippen molar-refractivity contribution in [2.75, 3.05) is 29.9 Å². The van der Waals surface area contributed by atoms with E-state index in [1.165, 1.54) is 24.9 Å². The minimum Gasteiger partial charge on any atom is -0.370 e. The third kappa shape index (κ3) is 2.96. The summed E-state index contributed by atoms with van der Waals surface area (Å²) >= 11 is 0. The Morgan fingerprint density at radius 3 is 2.70 bits per heavy atom. The number of nitrogens with zero attached hydrogens (tertiary/aromatic N) is 1. The Balaban J connectivity index is 1.73. The van der Waals surface area contributed by atoms with Crippen molar-refractivity contribution in [3.63, 3.8) is 0 Å². The first kappa shape index (κ1) is 13.4. The van der Waals surface area contributed by atoms with E-state index in [1.807, 2.05) is 18.2 Å². The Labute approximate surface area is 120 Å². The Bertz CT molecular complexity index is 463. The van der Waals surface area contributed by atoms with Gasteiger partial charge in [-0.25, -0.2) is 0 Å². The molecule has 0 aliphatic carbocycles. The molecule has 3 rings (SSSR count). The number of para-hydroxylation sites is 2. The summed E-state index contributed by atoms with van der Waals surface area (Å²) in [7, 11) is 0. The molecule has 4 heteroatoms. The molecule has 2 heterocycles. The van der Waals surface area contributed by atoms with Crippen molar-refractivity contribution in [1.29, 1.82) is 0 Å². The standard InChI is InChI=1S/C16H23N3O/c20-16(14-8-6-10-17-14)18-13-7-2-3-9-15(13)19-11-4-1-5-12-19/h2-3,7,9,14,17H,1,4-6,8,10-12H2,(H,18,20)/t14-/m0/s1. The molecule has 2 N–H and O–H groups in total. The molecule has 0 saturated carbocycles. The molecule has 0 aromatic heterocycles.